The topological polar surface area (TPSA) is 54.5 Å². The van der Waals surface area contributed by atoms with E-state index in [1.807, 2.05) is 11.3 Å². The predicted octanol–water partition coefficient (Wildman–Crippen LogP) is 13.4. The van der Waals surface area contributed by atoms with Gasteiger partial charge in [0.2, 0.25) is 0 Å². The van der Waals surface area contributed by atoms with E-state index >= 15 is 0 Å². The van der Waals surface area contributed by atoms with Gasteiger partial charge in [-0.3, -0.25) is 5.32 Å². The van der Waals surface area contributed by atoms with E-state index in [9.17, 15) is 0 Å². The lowest BCUT2D eigenvalue weighted by Gasteiger charge is -2.34. The Bertz CT molecular complexity index is 3180. The molecule has 0 saturated carbocycles. The van der Waals surface area contributed by atoms with Crippen LogP contribution in [0.25, 0.3) is 69.8 Å². The van der Waals surface area contributed by atoms with Gasteiger partial charge in [-0.25, -0.2) is 4.99 Å². The summed E-state index contributed by atoms with van der Waals surface area (Å²) >= 11 is 1.86. The van der Waals surface area contributed by atoms with Crippen molar-refractivity contribution in [3.63, 3.8) is 0 Å². The maximum atomic E-state index is 7.11. The van der Waals surface area contributed by atoms with Crippen LogP contribution in [0.2, 0.25) is 0 Å². The Labute approximate surface area is 340 Å². The number of furan rings is 1. The number of aromatic nitrogens is 1. The van der Waals surface area contributed by atoms with E-state index in [2.05, 4.69) is 186 Å². The van der Waals surface area contributed by atoms with Gasteiger partial charge in [-0.1, -0.05) is 153 Å². The van der Waals surface area contributed by atoms with E-state index in [4.69, 9.17) is 9.41 Å². The van der Waals surface area contributed by atoms with Crippen LogP contribution in [-0.4, -0.2) is 10.4 Å². The van der Waals surface area contributed by atoms with E-state index in [0.29, 0.717) is 0 Å². The van der Waals surface area contributed by atoms with Crippen molar-refractivity contribution in [2.45, 2.75) is 38.0 Å². The zero-order valence-electron chi connectivity index (χ0n) is 32.0. The molecule has 0 bridgehead atoms. The number of nitrogens with zero attached hydrogens (tertiary/aromatic N) is 2. The second-order valence-electron chi connectivity index (χ2n) is 15.9. The molecule has 0 spiro atoms. The number of benzene rings is 6. The minimum absolute atomic E-state index is 0.0693. The zero-order valence-corrected chi connectivity index (χ0v) is 32.8. The van der Waals surface area contributed by atoms with Gasteiger partial charge in [0.05, 0.1) is 16.7 Å². The maximum absolute atomic E-state index is 7.11. The molecule has 0 amide bonds. The summed E-state index contributed by atoms with van der Waals surface area (Å²) in [6.07, 6.45) is 12.7. The smallest absolute Gasteiger partial charge is 0.142 e. The van der Waals surface area contributed by atoms with Crippen molar-refractivity contribution in [3.8, 4) is 11.1 Å². The Hall–Kier alpha value is -6.47. The molecule has 0 fully saturated rings. The van der Waals surface area contributed by atoms with Crippen LogP contribution in [0.3, 0.4) is 0 Å². The molecule has 9 aromatic rings. The van der Waals surface area contributed by atoms with Crippen molar-refractivity contribution in [2.75, 3.05) is 0 Å². The fraction of sp³-hybridized carbons (Fsp3) is 0.135. The molecule has 4 heterocycles. The van der Waals surface area contributed by atoms with Crippen LogP contribution in [0.4, 0.5) is 0 Å². The SMILES string of the molecule is C[C@@H]1CC=C(n2c3ccccc3c3ccccc32)c2c1oc1c(-c3cccc4c3sc3cccc(C5N=C(C6C=CC=CC6)NC(c6ccccc6)N5)c34)cccc21. The van der Waals surface area contributed by atoms with Crippen LogP contribution in [0.1, 0.15) is 60.5 Å². The lowest BCUT2D eigenvalue weighted by molar-refractivity contribution is 0.401. The summed E-state index contributed by atoms with van der Waals surface area (Å²) in [5, 5.41) is 13.8. The molecule has 3 unspecified atom stereocenters. The Morgan fingerprint density at radius 2 is 1.43 bits per heavy atom. The van der Waals surface area contributed by atoms with Crippen LogP contribution in [0.15, 0.2) is 173 Å². The fourth-order valence-corrected chi connectivity index (χ4v) is 11.0. The van der Waals surface area contributed by atoms with Crippen molar-refractivity contribution < 1.29 is 4.42 Å². The molecule has 12 rings (SSSR count). The van der Waals surface area contributed by atoms with Gasteiger partial charge in [0.1, 0.15) is 29.5 Å². The molecule has 6 aromatic carbocycles. The summed E-state index contributed by atoms with van der Waals surface area (Å²) in [6.45, 7) is 2.29. The van der Waals surface area contributed by atoms with E-state index < -0.39 is 0 Å². The number of amidine groups is 1. The molecule has 5 nitrogen and oxygen atoms in total. The Morgan fingerprint density at radius 1 is 0.707 bits per heavy atom. The molecule has 3 aromatic heterocycles. The second-order valence-corrected chi connectivity index (χ2v) is 16.9. The molecule has 4 atom stereocenters. The summed E-state index contributed by atoms with van der Waals surface area (Å²) in [4.78, 5) is 5.41. The monoisotopic (exact) mass is 768 g/mol. The third kappa shape index (κ3) is 5.15. The molecule has 0 radical (unpaired) electrons. The van der Waals surface area contributed by atoms with Gasteiger partial charge >= 0.3 is 0 Å². The molecule has 2 N–H and O–H groups in total. The minimum atomic E-state index is -0.223. The van der Waals surface area contributed by atoms with Gasteiger partial charge in [0.15, 0.2) is 0 Å². The number of thiophene rings is 1. The molecule has 280 valence electrons. The van der Waals surface area contributed by atoms with Crippen LogP contribution in [0.5, 0.6) is 0 Å². The van der Waals surface area contributed by atoms with E-state index in [-0.39, 0.29) is 24.2 Å². The molecule has 6 heteroatoms. The highest BCUT2D eigenvalue weighted by molar-refractivity contribution is 7.26. The Morgan fingerprint density at radius 3 is 2.22 bits per heavy atom. The number of para-hydroxylation sites is 3. The van der Waals surface area contributed by atoms with Gasteiger partial charge in [-0.2, -0.15) is 0 Å². The fourth-order valence-electron chi connectivity index (χ4n) is 9.69. The summed E-state index contributed by atoms with van der Waals surface area (Å²) < 4.78 is 12.1. The summed E-state index contributed by atoms with van der Waals surface area (Å²) in [6, 6.07) is 48.4. The summed E-state index contributed by atoms with van der Waals surface area (Å²) in [5.41, 5.74) is 10.5. The van der Waals surface area contributed by atoms with Gasteiger partial charge in [-0.15, -0.1) is 11.3 Å². The lowest BCUT2D eigenvalue weighted by atomic mass is 9.90. The van der Waals surface area contributed by atoms with Crippen molar-refractivity contribution in [1.82, 2.24) is 15.2 Å². The average Bonchev–Trinajstić information content (AvgIpc) is 3.98. The first kappa shape index (κ1) is 33.6. The first-order valence-corrected chi connectivity index (χ1v) is 21.2. The number of aliphatic imine (C=N–C) groups is 1. The lowest BCUT2D eigenvalue weighted by Crippen LogP contribution is -2.47. The predicted molar refractivity (Wildman–Crippen MR) is 242 cm³/mol. The van der Waals surface area contributed by atoms with E-state index in [0.717, 1.165) is 41.0 Å². The number of nitrogens with one attached hydrogen (secondary N) is 2. The maximum Gasteiger partial charge on any atom is 0.142 e. The molecule has 3 aliphatic rings. The summed E-state index contributed by atoms with van der Waals surface area (Å²) in [7, 11) is 0. The Balaban J connectivity index is 1.02. The molecule has 1 aliphatic heterocycles. The highest BCUT2D eigenvalue weighted by atomic mass is 32.1. The van der Waals surface area contributed by atoms with Crippen LogP contribution < -0.4 is 10.6 Å². The molecular formula is C52H40N4OS. The quantitative estimate of drug-likeness (QED) is 0.183. The van der Waals surface area contributed by atoms with Crippen LogP contribution in [-0.2, 0) is 0 Å². The largest absolute Gasteiger partial charge is 0.459 e. The first-order valence-electron chi connectivity index (χ1n) is 20.4. The minimum Gasteiger partial charge on any atom is -0.459 e. The van der Waals surface area contributed by atoms with Crippen molar-refractivity contribution in [3.05, 3.63) is 186 Å². The van der Waals surface area contributed by atoms with Crippen molar-refractivity contribution >= 4 is 75.8 Å². The third-order valence-electron chi connectivity index (χ3n) is 12.4. The highest BCUT2D eigenvalue weighted by Crippen LogP contribution is 2.49. The normalized spacial score (nSPS) is 20.5. The number of fused-ring (bicyclic) bond motifs is 9. The number of hydrogen-bond donors (Lipinski definition) is 2. The van der Waals surface area contributed by atoms with Gasteiger partial charge < -0.3 is 14.3 Å². The standard InChI is InChI=1S/C52H40N4OS/c1-31-29-30-43(56-41-26-10-8-19-34(41)35-20-9-11-27-42(35)56)46-38-23-12-21-36(48(38)57-47(31)46)37-22-13-24-39-45-40(25-14-28-44(45)58-49(37)39)52-54-50(32-15-4-2-5-16-32)53-51(55-52)33-17-6-3-7-18-33/h2-17,19-28,30-31,33,50,52,54H,18,29H2,1H3,(H,53,55)/t31-,33?,50?,52?/m1/s1. The van der Waals surface area contributed by atoms with Crippen LogP contribution >= 0.6 is 11.3 Å². The zero-order chi connectivity index (χ0) is 38.3. The first-order chi connectivity index (χ1) is 28.7. The molecular weight excluding hydrogens is 729 g/mol. The number of hydrogen-bond acceptors (Lipinski definition) is 5. The highest BCUT2D eigenvalue weighted by Gasteiger charge is 2.32. The third-order valence-corrected chi connectivity index (χ3v) is 13.6. The molecule has 58 heavy (non-hydrogen) atoms. The van der Waals surface area contributed by atoms with Crippen molar-refractivity contribution in [1.29, 1.82) is 0 Å². The van der Waals surface area contributed by atoms with Crippen molar-refractivity contribution in [2.24, 2.45) is 10.9 Å². The molecule has 0 saturated heterocycles. The van der Waals surface area contributed by atoms with Gasteiger partial charge in [0, 0.05) is 70.4 Å². The molecule has 2 aliphatic carbocycles. The average molecular weight is 769 g/mol. The number of rotatable bonds is 5. The summed E-state index contributed by atoms with van der Waals surface area (Å²) in [5.74, 6) is 2.55. The van der Waals surface area contributed by atoms with Crippen LogP contribution in [0, 0.1) is 5.92 Å². The van der Waals surface area contributed by atoms with E-state index in [1.54, 1.807) is 0 Å². The number of allylic oxidation sites excluding steroid dienone is 4. The van der Waals surface area contributed by atoms with Gasteiger partial charge in [0.25, 0.3) is 0 Å². The van der Waals surface area contributed by atoms with Gasteiger partial charge in [-0.05, 0) is 36.6 Å². The second kappa shape index (κ2) is 13.3. The Kier molecular flexibility index (Phi) is 7.72. The van der Waals surface area contributed by atoms with E-state index in [1.165, 1.54) is 69.9 Å².